The van der Waals surface area contributed by atoms with Gasteiger partial charge in [-0.05, 0) is 103 Å². The number of benzene rings is 4. The average Bonchev–Trinajstić information content (AvgIpc) is 3.18. The van der Waals surface area contributed by atoms with Crippen molar-refractivity contribution in [2.45, 2.75) is 39.8 Å². The molecule has 53 heavy (non-hydrogen) atoms. The van der Waals surface area contributed by atoms with E-state index in [1.807, 2.05) is 42.2 Å². The summed E-state index contributed by atoms with van der Waals surface area (Å²) in [4.78, 5) is 21.7. The van der Waals surface area contributed by atoms with Gasteiger partial charge in [-0.2, -0.15) is 5.26 Å². The van der Waals surface area contributed by atoms with Crippen LogP contribution in [0.25, 0.3) is 6.08 Å². The lowest BCUT2D eigenvalue weighted by Gasteiger charge is -2.34. The maximum Gasteiger partial charge on any atom is 0.246 e. The Morgan fingerprint density at radius 3 is 2.23 bits per heavy atom. The van der Waals surface area contributed by atoms with Crippen LogP contribution in [0.5, 0.6) is 23.1 Å². The summed E-state index contributed by atoms with van der Waals surface area (Å²) in [6.07, 6.45) is 6.96. The Bertz CT molecular complexity index is 2010. The standard InChI is InChI=1S/C44H43ClN4O4/c1-32-5-16-39(17-6-32)51-25-3-4-34-7-11-36(12-8-34)30-48-21-23-49(24-22-48)43(50)20-15-38-26-33(2)44(41(45)27-38)53-42-19-18-40(29-47-42)52-31-37-13-9-35(28-46)10-14-37/h5-20,26-27,29H,3-4,21-25,30-31H2,1-2H3. The van der Waals surface area contributed by atoms with Crippen LogP contribution < -0.4 is 14.2 Å². The van der Waals surface area contributed by atoms with E-state index in [0.29, 0.717) is 54.3 Å². The van der Waals surface area contributed by atoms with Crippen molar-refractivity contribution >= 4 is 23.6 Å². The number of nitrogens with zero attached hydrogens (tertiary/aromatic N) is 4. The molecule has 0 saturated carbocycles. The van der Waals surface area contributed by atoms with E-state index in [1.165, 1.54) is 16.7 Å². The second-order valence-corrected chi connectivity index (χ2v) is 13.6. The summed E-state index contributed by atoms with van der Waals surface area (Å²) >= 11 is 6.63. The van der Waals surface area contributed by atoms with Crippen LogP contribution in [0.2, 0.25) is 5.02 Å². The number of carbonyl (C=O) groups excluding carboxylic acids is 1. The third-order valence-corrected chi connectivity index (χ3v) is 9.37. The van der Waals surface area contributed by atoms with Crippen molar-refractivity contribution in [1.29, 1.82) is 5.26 Å². The number of pyridine rings is 1. The fraction of sp³-hybridized carbons (Fsp3) is 0.250. The number of ether oxygens (including phenoxy) is 3. The van der Waals surface area contributed by atoms with E-state index < -0.39 is 0 Å². The number of aromatic nitrogens is 1. The molecule has 5 aromatic rings. The van der Waals surface area contributed by atoms with Gasteiger partial charge in [-0.3, -0.25) is 9.69 Å². The molecule has 1 fully saturated rings. The summed E-state index contributed by atoms with van der Waals surface area (Å²) in [5, 5.41) is 9.38. The predicted octanol–water partition coefficient (Wildman–Crippen LogP) is 8.96. The van der Waals surface area contributed by atoms with Gasteiger partial charge in [0, 0.05) is 44.9 Å². The molecule has 0 spiro atoms. The van der Waals surface area contributed by atoms with Gasteiger partial charge in [0.1, 0.15) is 18.1 Å². The van der Waals surface area contributed by atoms with Crippen molar-refractivity contribution in [3.8, 4) is 29.2 Å². The molecule has 1 aliphatic rings. The van der Waals surface area contributed by atoms with Crippen LogP contribution in [-0.4, -0.2) is 53.5 Å². The summed E-state index contributed by atoms with van der Waals surface area (Å²) in [7, 11) is 0. The summed E-state index contributed by atoms with van der Waals surface area (Å²) in [5.41, 5.74) is 7.02. The highest BCUT2D eigenvalue weighted by atomic mass is 35.5. The maximum atomic E-state index is 13.1. The minimum absolute atomic E-state index is 0.0137. The van der Waals surface area contributed by atoms with E-state index >= 15 is 0 Å². The molecular weight excluding hydrogens is 684 g/mol. The fourth-order valence-electron chi connectivity index (χ4n) is 6.01. The van der Waals surface area contributed by atoms with E-state index in [4.69, 9.17) is 31.1 Å². The van der Waals surface area contributed by atoms with Gasteiger partial charge in [-0.1, -0.05) is 65.7 Å². The number of amides is 1. The maximum absolute atomic E-state index is 13.1. The smallest absolute Gasteiger partial charge is 0.246 e. The first-order valence-corrected chi connectivity index (χ1v) is 18.2. The lowest BCUT2D eigenvalue weighted by atomic mass is 10.1. The Morgan fingerprint density at radius 1 is 0.849 bits per heavy atom. The van der Waals surface area contributed by atoms with E-state index in [9.17, 15) is 4.79 Å². The van der Waals surface area contributed by atoms with Crippen molar-refractivity contribution in [1.82, 2.24) is 14.8 Å². The van der Waals surface area contributed by atoms with Gasteiger partial charge in [0.25, 0.3) is 0 Å². The van der Waals surface area contributed by atoms with Gasteiger partial charge in [0.05, 0.1) is 29.5 Å². The number of nitriles is 1. The third kappa shape index (κ3) is 10.9. The Balaban J connectivity index is 0.917. The Hall–Kier alpha value is -5.62. The molecule has 0 atom stereocenters. The summed E-state index contributed by atoms with van der Waals surface area (Å²) in [5.74, 6) is 2.38. The van der Waals surface area contributed by atoms with Crippen LogP contribution in [0.3, 0.4) is 0 Å². The molecule has 6 rings (SSSR count). The number of hydrogen-bond donors (Lipinski definition) is 0. The molecule has 1 aromatic heterocycles. The van der Waals surface area contributed by atoms with Gasteiger partial charge in [-0.15, -0.1) is 0 Å². The summed E-state index contributed by atoms with van der Waals surface area (Å²) in [6, 6.07) is 33.6. The summed E-state index contributed by atoms with van der Waals surface area (Å²) in [6.45, 7) is 8.93. The molecule has 8 nitrogen and oxygen atoms in total. The lowest BCUT2D eigenvalue weighted by Crippen LogP contribution is -2.47. The Morgan fingerprint density at radius 2 is 1.55 bits per heavy atom. The van der Waals surface area contributed by atoms with E-state index in [2.05, 4.69) is 59.3 Å². The largest absolute Gasteiger partial charge is 0.494 e. The van der Waals surface area contributed by atoms with Crippen molar-refractivity contribution in [3.63, 3.8) is 0 Å². The van der Waals surface area contributed by atoms with Crippen molar-refractivity contribution < 1.29 is 19.0 Å². The van der Waals surface area contributed by atoms with E-state index in [-0.39, 0.29) is 5.91 Å². The number of rotatable bonds is 14. The van der Waals surface area contributed by atoms with Crippen LogP contribution in [0.15, 0.2) is 109 Å². The van der Waals surface area contributed by atoms with Crippen LogP contribution >= 0.6 is 11.6 Å². The zero-order valence-corrected chi connectivity index (χ0v) is 30.9. The van der Waals surface area contributed by atoms with Crippen LogP contribution in [0.4, 0.5) is 0 Å². The van der Waals surface area contributed by atoms with E-state index in [1.54, 1.807) is 48.7 Å². The second kappa shape index (κ2) is 18.2. The molecule has 9 heteroatoms. The number of carbonyl (C=O) groups is 1. The van der Waals surface area contributed by atoms with Crippen LogP contribution in [-0.2, 0) is 24.4 Å². The first kappa shape index (κ1) is 37.1. The topological polar surface area (TPSA) is 87.9 Å². The van der Waals surface area contributed by atoms with Crippen LogP contribution in [0, 0.1) is 25.2 Å². The number of piperazine rings is 1. The average molecular weight is 727 g/mol. The molecule has 0 N–H and O–H groups in total. The molecule has 1 aliphatic heterocycles. The Kier molecular flexibility index (Phi) is 12.8. The SMILES string of the molecule is Cc1ccc(OCCCc2ccc(CN3CCN(C(=O)C=Cc4cc(C)c(Oc5ccc(OCc6ccc(C#N)cc6)cn5)c(Cl)c4)CC3)cc2)cc1. The number of aryl methyl sites for hydroxylation is 3. The van der Waals surface area contributed by atoms with Crippen molar-refractivity contribution in [3.05, 3.63) is 153 Å². The van der Waals surface area contributed by atoms with Gasteiger partial charge in [-0.25, -0.2) is 4.98 Å². The summed E-state index contributed by atoms with van der Waals surface area (Å²) < 4.78 is 17.7. The highest BCUT2D eigenvalue weighted by Gasteiger charge is 2.20. The molecule has 0 aliphatic carbocycles. The molecule has 4 aromatic carbocycles. The van der Waals surface area contributed by atoms with Crippen molar-refractivity contribution in [2.75, 3.05) is 32.8 Å². The zero-order valence-electron chi connectivity index (χ0n) is 30.1. The van der Waals surface area contributed by atoms with Gasteiger partial charge < -0.3 is 19.1 Å². The van der Waals surface area contributed by atoms with Crippen LogP contribution in [0.1, 0.15) is 45.4 Å². The molecule has 1 amide bonds. The molecule has 0 bridgehead atoms. The minimum Gasteiger partial charge on any atom is -0.494 e. The van der Waals surface area contributed by atoms with Crippen molar-refractivity contribution in [2.24, 2.45) is 0 Å². The quantitative estimate of drug-likeness (QED) is 0.0834. The monoisotopic (exact) mass is 726 g/mol. The Labute approximate surface area is 316 Å². The third-order valence-electron chi connectivity index (χ3n) is 9.09. The normalized spacial score (nSPS) is 13.1. The number of hydrogen-bond acceptors (Lipinski definition) is 7. The van der Waals surface area contributed by atoms with Gasteiger partial charge >= 0.3 is 0 Å². The zero-order chi connectivity index (χ0) is 37.0. The fourth-order valence-corrected chi connectivity index (χ4v) is 6.33. The first-order chi connectivity index (χ1) is 25.8. The highest BCUT2D eigenvalue weighted by Crippen LogP contribution is 2.34. The van der Waals surface area contributed by atoms with Gasteiger partial charge in [0.2, 0.25) is 11.8 Å². The number of halogens is 1. The minimum atomic E-state index is -0.0137. The lowest BCUT2D eigenvalue weighted by molar-refractivity contribution is -0.127. The predicted molar refractivity (Wildman–Crippen MR) is 208 cm³/mol. The first-order valence-electron chi connectivity index (χ1n) is 17.8. The van der Waals surface area contributed by atoms with Gasteiger partial charge in [0.15, 0.2) is 5.75 Å². The molecule has 0 radical (unpaired) electrons. The highest BCUT2D eigenvalue weighted by molar-refractivity contribution is 6.32. The molecule has 0 unspecified atom stereocenters. The second-order valence-electron chi connectivity index (χ2n) is 13.2. The molecule has 1 saturated heterocycles. The molecule has 270 valence electrons. The molecular formula is C44H43ClN4O4. The molecule has 2 heterocycles. The van der Waals surface area contributed by atoms with E-state index in [0.717, 1.165) is 54.9 Å².